The molecule has 144 valence electrons. The van der Waals surface area contributed by atoms with E-state index < -0.39 is 13.4 Å². The van der Waals surface area contributed by atoms with Crippen molar-refractivity contribution in [2.45, 2.75) is 20.4 Å². The van der Waals surface area contributed by atoms with Gasteiger partial charge in [-0.2, -0.15) is 0 Å². The minimum Gasteiger partial charge on any atom is -0.314 e. The zero-order valence-corrected chi connectivity index (χ0v) is 17.4. The molecule has 0 fully saturated rings. The number of hydrogen-bond acceptors (Lipinski definition) is 3. The van der Waals surface area contributed by atoms with Crippen molar-refractivity contribution >= 4 is 36.6 Å². The highest BCUT2D eigenvalue weighted by molar-refractivity contribution is 7.61. The molecule has 2 aromatic carbocycles. The predicted molar refractivity (Wildman–Crippen MR) is 110 cm³/mol. The molecule has 27 heavy (non-hydrogen) atoms. The Morgan fingerprint density at radius 2 is 1.70 bits per heavy atom. The number of nitrogens with one attached hydrogen (secondary N) is 2. The van der Waals surface area contributed by atoms with Crippen LogP contribution in [0.15, 0.2) is 64.5 Å². The van der Waals surface area contributed by atoms with E-state index >= 15 is 0 Å². The lowest BCUT2D eigenvalue weighted by Gasteiger charge is -2.22. The molecule has 0 aliphatic heterocycles. The van der Waals surface area contributed by atoms with Gasteiger partial charge in [-0.1, -0.05) is 71.2 Å². The van der Waals surface area contributed by atoms with Crippen LogP contribution in [0.25, 0.3) is 0 Å². The fourth-order valence-corrected chi connectivity index (χ4v) is 4.65. The Hall–Kier alpha value is -1.62. The maximum absolute atomic E-state index is 13.4. The van der Waals surface area contributed by atoms with Gasteiger partial charge in [0.1, 0.15) is 9.93 Å². The molecule has 0 aliphatic carbocycles. The zero-order chi connectivity index (χ0) is 19.9. The van der Waals surface area contributed by atoms with Crippen molar-refractivity contribution < 1.29 is 13.9 Å². The average molecular weight is 427 g/mol. The second-order valence-corrected chi connectivity index (χ2v) is 8.79. The maximum atomic E-state index is 13.4. The van der Waals surface area contributed by atoms with Gasteiger partial charge in [0.25, 0.3) is 5.91 Å². The van der Waals surface area contributed by atoms with E-state index in [0.717, 1.165) is 11.1 Å². The molecule has 5 nitrogen and oxygen atoms in total. The second-order valence-electron chi connectivity index (χ2n) is 5.72. The molecule has 0 aliphatic rings. The van der Waals surface area contributed by atoms with Gasteiger partial charge in [0.2, 0.25) is 0 Å². The van der Waals surface area contributed by atoms with Crippen LogP contribution in [0.3, 0.4) is 0 Å². The van der Waals surface area contributed by atoms with Gasteiger partial charge < -0.3 is 9.84 Å². The third-order valence-electron chi connectivity index (χ3n) is 3.66. The molecule has 0 heterocycles. The first-order chi connectivity index (χ1) is 12.9. The molecule has 0 saturated carbocycles. The highest BCUT2D eigenvalue weighted by Crippen LogP contribution is 2.52. The number of amides is 1. The van der Waals surface area contributed by atoms with Crippen LogP contribution < -0.4 is 10.4 Å². The lowest BCUT2D eigenvalue weighted by molar-refractivity contribution is 0.0967. The number of aryl methyl sites for hydroxylation is 1. The average Bonchev–Trinajstić information content (AvgIpc) is 2.65. The van der Waals surface area contributed by atoms with Gasteiger partial charge in [0.05, 0.1) is 6.61 Å². The SMILES string of the molecule is CCO[P@](=O)(NCc1ccccc1)C(NC(=O)c1ccc(C)cc1)=C(Cl)Cl. The van der Waals surface area contributed by atoms with Crippen molar-refractivity contribution in [1.29, 1.82) is 0 Å². The van der Waals surface area contributed by atoms with Gasteiger partial charge in [0, 0.05) is 12.1 Å². The number of rotatable bonds is 8. The van der Waals surface area contributed by atoms with Crippen molar-refractivity contribution in [3.63, 3.8) is 0 Å². The fraction of sp³-hybridized carbons (Fsp3) is 0.211. The van der Waals surface area contributed by atoms with Gasteiger partial charge in [-0.3, -0.25) is 9.36 Å². The first-order valence-corrected chi connectivity index (χ1v) is 10.7. The Bertz CT molecular complexity index is 851. The Kier molecular flexibility index (Phi) is 8.08. The first-order valence-electron chi connectivity index (χ1n) is 8.33. The van der Waals surface area contributed by atoms with Gasteiger partial charge >= 0.3 is 7.52 Å². The Morgan fingerprint density at radius 3 is 2.26 bits per heavy atom. The smallest absolute Gasteiger partial charge is 0.314 e. The van der Waals surface area contributed by atoms with Gasteiger partial charge in [0.15, 0.2) is 0 Å². The lowest BCUT2D eigenvalue weighted by atomic mass is 10.1. The summed E-state index contributed by atoms with van der Waals surface area (Å²) in [4.78, 5) is 12.5. The topological polar surface area (TPSA) is 67.4 Å². The molecule has 1 atom stereocenters. The number of benzene rings is 2. The maximum Gasteiger partial charge on any atom is 0.318 e. The molecular formula is C19H21Cl2N2O3P. The normalized spacial score (nSPS) is 12.9. The van der Waals surface area contributed by atoms with E-state index in [1.807, 2.05) is 37.3 Å². The molecule has 0 bridgehead atoms. The highest BCUT2D eigenvalue weighted by atomic mass is 35.5. The standard InChI is InChI=1S/C19H21Cl2N2O3P/c1-3-26-27(25,22-13-15-7-5-4-6-8-15)19(17(20)21)23-18(24)16-11-9-14(2)10-12-16/h4-12H,3,13H2,1-2H3,(H,22,25)(H,23,24)/t27-/m0/s1. The molecule has 0 aromatic heterocycles. The molecule has 2 rings (SSSR count). The van der Waals surface area contributed by atoms with Crippen LogP contribution in [-0.4, -0.2) is 12.5 Å². The molecule has 1 amide bonds. The number of halogens is 2. The van der Waals surface area contributed by atoms with E-state index in [1.165, 1.54) is 0 Å². The van der Waals surface area contributed by atoms with Crippen LogP contribution in [0.5, 0.6) is 0 Å². The van der Waals surface area contributed by atoms with Crippen LogP contribution in [-0.2, 0) is 15.6 Å². The highest BCUT2D eigenvalue weighted by Gasteiger charge is 2.32. The van der Waals surface area contributed by atoms with Crippen molar-refractivity contribution in [3.05, 3.63) is 81.2 Å². The van der Waals surface area contributed by atoms with Crippen LogP contribution in [0.1, 0.15) is 28.4 Å². The van der Waals surface area contributed by atoms with Crippen LogP contribution >= 0.6 is 30.7 Å². The predicted octanol–water partition coefficient (Wildman–Crippen LogP) is 5.35. The molecular weight excluding hydrogens is 406 g/mol. The Morgan fingerprint density at radius 1 is 1.07 bits per heavy atom. The van der Waals surface area contributed by atoms with Crippen molar-refractivity contribution in [2.75, 3.05) is 6.61 Å². The lowest BCUT2D eigenvalue weighted by Crippen LogP contribution is -2.27. The molecule has 2 N–H and O–H groups in total. The zero-order valence-electron chi connectivity index (χ0n) is 15.0. The number of carbonyl (C=O) groups excluding carboxylic acids is 1. The molecule has 0 spiro atoms. The number of hydrogen-bond donors (Lipinski definition) is 2. The summed E-state index contributed by atoms with van der Waals surface area (Å²) in [5, 5.41) is 5.39. The summed E-state index contributed by atoms with van der Waals surface area (Å²) < 4.78 is 18.5. The molecule has 2 aromatic rings. The summed E-state index contributed by atoms with van der Waals surface area (Å²) in [7, 11) is -3.70. The first kappa shape index (κ1) is 21.7. The van der Waals surface area contributed by atoms with Crippen LogP contribution in [0.4, 0.5) is 0 Å². The van der Waals surface area contributed by atoms with Gasteiger partial charge in [-0.15, -0.1) is 0 Å². The summed E-state index contributed by atoms with van der Waals surface area (Å²) in [6, 6.07) is 16.3. The molecule has 0 saturated heterocycles. The van der Waals surface area contributed by atoms with E-state index in [-0.39, 0.29) is 23.1 Å². The van der Waals surface area contributed by atoms with Crippen molar-refractivity contribution in [3.8, 4) is 0 Å². The quantitative estimate of drug-likeness (QED) is 0.558. The fourth-order valence-electron chi connectivity index (χ4n) is 2.28. The third-order valence-corrected chi connectivity index (χ3v) is 6.43. The van der Waals surface area contributed by atoms with Crippen molar-refractivity contribution in [2.24, 2.45) is 0 Å². The summed E-state index contributed by atoms with van der Waals surface area (Å²) >= 11 is 11.9. The second kappa shape index (κ2) is 10.1. The largest absolute Gasteiger partial charge is 0.318 e. The molecule has 0 unspecified atom stereocenters. The van der Waals surface area contributed by atoms with Crippen molar-refractivity contribution in [1.82, 2.24) is 10.4 Å². The van der Waals surface area contributed by atoms with Crippen LogP contribution in [0.2, 0.25) is 0 Å². The summed E-state index contributed by atoms with van der Waals surface area (Å²) in [5.74, 6) is -0.481. The summed E-state index contributed by atoms with van der Waals surface area (Å²) in [6.07, 6.45) is 0. The van der Waals surface area contributed by atoms with E-state index in [9.17, 15) is 9.36 Å². The summed E-state index contributed by atoms with van der Waals surface area (Å²) in [6.45, 7) is 4.00. The number of carbonyl (C=O) groups is 1. The monoisotopic (exact) mass is 426 g/mol. The van der Waals surface area contributed by atoms with E-state index in [0.29, 0.717) is 5.56 Å². The van der Waals surface area contributed by atoms with E-state index in [4.69, 9.17) is 27.7 Å². The van der Waals surface area contributed by atoms with Gasteiger partial charge in [-0.05, 0) is 31.5 Å². The molecule has 0 radical (unpaired) electrons. The minimum absolute atomic E-state index is 0.143. The van der Waals surface area contributed by atoms with E-state index in [2.05, 4.69) is 10.4 Å². The van der Waals surface area contributed by atoms with Gasteiger partial charge in [-0.25, -0.2) is 5.09 Å². The van der Waals surface area contributed by atoms with E-state index in [1.54, 1.807) is 31.2 Å². The Labute approximate surface area is 169 Å². The minimum atomic E-state index is -3.70. The third kappa shape index (κ3) is 6.20. The molecule has 8 heteroatoms. The van der Waals surface area contributed by atoms with Crippen LogP contribution in [0, 0.1) is 6.92 Å². The summed E-state index contributed by atoms with van der Waals surface area (Å²) in [5.41, 5.74) is 2.13. The Balaban J connectivity index is 2.24.